The predicted octanol–water partition coefficient (Wildman–Crippen LogP) is 2.75. The monoisotopic (exact) mass is 372 g/mol. The molecule has 0 unspecified atom stereocenters. The molecule has 1 aliphatic carbocycles. The van der Waals surface area contributed by atoms with Crippen molar-refractivity contribution in [3.63, 3.8) is 0 Å². The molecule has 146 valence electrons. The zero-order valence-electron chi connectivity index (χ0n) is 16.2. The van der Waals surface area contributed by atoms with Crippen molar-refractivity contribution in [2.75, 3.05) is 13.1 Å². The van der Waals surface area contributed by atoms with Gasteiger partial charge in [0.25, 0.3) is 5.91 Å². The molecule has 4 rings (SSSR count). The summed E-state index contributed by atoms with van der Waals surface area (Å²) in [7, 11) is 0. The van der Waals surface area contributed by atoms with Crippen molar-refractivity contribution >= 4 is 11.7 Å². The first-order valence-electron chi connectivity index (χ1n) is 10.1. The molecule has 1 saturated heterocycles. The van der Waals surface area contributed by atoms with E-state index in [-0.39, 0.29) is 23.5 Å². The molecule has 0 spiro atoms. The molecule has 0 radical (unpaired) electrons. The lowest BCUT2D eigenvalue weighted by Gasteiger charge is -2.35. The maximum absolute atomic E-state index is 12.8. The zero-order valence-corrected chi connectivity index (χ0v) is 16.2. The summed E-state index contributed by atoms with van der Waals surface area (Å²) in [6.07, 6.45) is 10.4. The number of ether oxygens (including phenoxy) is 1. The van der Waals surface area contributed by atoms with E-state index in [1.807, 2.05) is 18.5 Å². The number of carbonyl (C=O) groups is 2. The number of likely N-dealkylation sites (tertiary alicyclic amines) is 1. The maximum Gasteiger partial charge on any atom is 0.289 e. The number of nitrogens with zero attached hydrogens (tertiary/aromatic N) is 4. The summed E-state index contributed by atoms with van der Waals surface area (Å²) in [6.45, 7) is 4.95. The molecule has 0 bridgehead atoms. The fraction of sp³-hybridized carbons (Fsp3) is 0.700. The van der Waals surface area contributed by atoms with Gasteiger partial charge in [0.05, 0.1) is 11.7 Å². The first-order valence-corrected chi connectivity index (χ1v) is 10.1. The second-order valence-electron chi connectivity index (χ2n) is 8.64. The molecule has 1 saturated carbocycles. The van der Waals surface area contributed by atoms with Gasteiger partial charge in [0.2, 0.25) is 0 Å². The topological polar surface area (TPSA) is 77.3 Å². The number of piperidine rings is 1. The van der Waals surface area contributed by atoms with Gasteiger partial charge in [-0.1, -0.05) is 18.1 Å². The van der Waals surface area contributed by atoms with Gasteiger partial charge in [0.1, 0.15) is 5.60 Å². The van der Waals surface area contributed by atoms with Gasteiger partial charge >= 0.3 is 0 Å². The van der Waals surface area contributed by atoms with Crippen LogP contribution in [0.25, 0.3) is 0 Å². The SMILES string of the molecule is CC1(C)CC(=O)C=C(C(=O)N2CCC(n3cc(C4CCCC4)nn3)CC2)O1. The average Bonchev–Trinajstić information content (AvgIpc) is 3.31. The third-order valence-electron chi connectivity index (χ3n) is 5.92. The molecule has 7 nitrogen and oxygen atoms in total. The Morgan fingerprint density at radius 1 is 1.19 bits per heavy atom. The molecule has 1 aromatic heterocycles. The fourth-order valence-electron chi connectivity index (χ4n) is 4.45. The van der Waals surface area contributed by atoms with E-state index < -0.39 is 5.60 Å². The Hall–Kier alpha value is -2.18. The summed E-state index contributed by atoms with van der Waals surface area (Å²) in [6, 6.07) is 0.274. The zero-order chi connectivity index (χ0) is 19.0. The van der Waals surface area contributed by atoms with Crippen molar-refractivity contribution in [3.05, 3.63) is 23.7 Å². The van der Waals surface area contributed by atoms with Crippen molar-refractivity contribution in [2.45, 2.75) is 76.4 Å². The highest BCUT2D eigenvalue weighted by Gasteiger charge is 2.35. The molecule has 0 aromatic carbocycles. The van der Waals surface area contributed by atoms with Crippen LogP contribution >= 0.6 is 0 Å². The molecule has 2 aliphatic heterocycles. The average molecular weight is 372 g/mol. The van der Waals surface area contributed by atoms with Gasteiger partial charge in [-0.25, -0.2) is 4.68 Å². The molecule has 3 heterocycles. The van der Waals surface area contributed by atoms with Gasteiger partial charge in [-0.2, -0.15) is 0 Å². The molecule has 1 aromatic rings. The second kappa shape index (κ2) is 7.09. The fourth-order valence-corrected chi connectivity index (χ4v) is 4.45. The van der Waals surface area contributed by atoms with E-state index in [1.54, 1.807) is 4.90 Å². The second-order valence-corrected chi connectivity index (χ2v) is 8.64. The van der Waals surface area contributed by atoms with Gasteiger partial charge in [-0.05, 0) is 39.5 Å². The third kappa shape index (κ3) is 3.92. The first kappa shape index (κ1) is 18.2. The van der Waals surface area contributed by atoms with Crippen molar-refractivity contribution in [2.24, 2.45) is 0 Å². The summed E-state index contributed by atoms with van der Waals surface area (Å²) in [5.41, 5.74) is 0.500. The van der Waals surface area contributed by atoms with Gasteiger partial charge < -0.3 is 9.64 Å². The molecular formula is C20H28N4O3. The van der Waals surface area contributed by atoms with Crippen LogP contribution in [0.1, 0.15) is 76.4 Å². The number of rotatable bonds is 3. The van der Waals surface area contributed by atoms with Crippen LogP contribution in [0.5, 0.6) is 0 Å². The van der Waals surface area contributed by atoms with Crippen LogP contribution in [-0.2, 0) is 14.3 Å². The van der Waals surface area contributed by atoms with Crippen LogP contribution in [0, 0.1) is 0 Å². The highest BCUT2D eigenvalue weighted by atomic mass is 16.5. The lowest BCUT2D eigenvalue weighted by Crippen LogP contribution is -2.43. The largest absolute Gasteiger partial charge is 0.481 e. The number of amides is 1. The Kier molecular flexibility index (Phi) is 4.78. The minimum atomic E-state index is -0.619. The lowest BCUT2D eigenvalue weighted by molar-refractivity contribution is -0.139. The van der Waals surface area contributed by atoms with Crippen LogP contribution in [0.3, 0.4) is 0 Å². The molecule has 27 heavy (non-hydrogen) atoms. The van der Waals surface area contributed by atoms with Crippen molar-refractivity contribution < 1.29 is 14.3 Å². The third-order valence-corrected chi connectivity index (χ3v) is 5.92. The van der Waals surface area contributed by atoms with Gasteiger partial charge in [0.15, 0.2) is 11.5 Å². The smallest absolute Gasteiger partial charge is 0.289 e. The summed E-state index contributed by atoms with van der Waals surface area (Å²) in [5.74, 6) is 0.516. The molecule has 0 N–H and O–H groups in total. The van der Waals surface area contributed by atoms with E-state index in [4.69, 9.17) is 4.74 Å². The van der Waals surface area contributed by atoms with E-state index in [0.29, 0.717) is 25.4 Å². The van der Waals surface area contributed by atoms with E-state index in [1.165, 1.54) is 31.8 Å². The van der Waals surface area contributed by atoms with E-state index in [0.717, 1.165) is 18.5 Å². The van der Waals surface area contributed by atoms with Crippen LogP contribution < -0.4 is 0 Å². The van der Waals surface area contributed by atoms with Crippen molar-refractivity contribution in [1.29, 1.82) is 0 Å². The Bertz CT molecular complexity index is 753. The Balaban J connectivity index is 1.36. The van der Waals surface area contributed by atoms with Crippen LogP contribution in [0.2, 0.25) is 0 Å². The van der Waals surface area contributed by atoms with Gasteiger partial charge in [0, 0.05) is 37.7 Å². The van der Waals surface area contributed by atoms with E-state index >= 15 is 0 Å². The normalized spacial score (nSPS) is 24.0. The predicted molar refractivity (Wildman–Crippen MR) is 99.0 cm³/mol. The Morgan fingerprint density at radius 2 is 1.89 bits per heavy atom. The summed E-state index contributed by atoms with van der Waals surface area (Å²) >= 11 is 0. The van der Waals surface area contributed by atoms with E-state index in [9.17, 15) is 9.59 Å². The Labute approximate surface area is 159 Å². The van der Waals surface area contributed by atoms with Gasteiger partial charge in [-0.3, -0.25) is 9.59 Å². The minimum Gasteiger partial charge on any atom is -0.481 e. The molecule has 1 amide bonds. The quantitative estimate of drug-likeness (QED) is 0.815. The minimum absolute atomic E-state index is 0.0495. The highest BCUT2D eigenvalue weighted by Crippen LogP contribution is 2.34. The lowest BCUT2D eigenvalue weighted by atomic mass is 9.98. The number of carbonyl (C=O) groups excluding carboxylic acids is 2. The first-order chi connectivity index (χ1) is 12.9. The summed E-state index contributed by atoms with van der Waals surface area (Å²) in [4.78, 5) is 26.4. The van der Waals surface area contributed by atoms with Gasteiger partial charge in [-0.15, -0.1) is 5.10 Å². The number of aromatic nitrogens is 3. The molecular weight excluding hydrogens is 344 g/mol. The molecule has 2 fully saturated rings. The maximum atomic E-state index is 12.8. The summed E-state index contributed by atoms with van der Waals surface area (Å²) in [5, 5.41) is 8.75. The van der Waals surface area contributed by atoms with Crippen LogP contribution in [-0.4, -0.2) is 50.3 Å². The van der Waals surface area contributed by atoms with Crippen LogP contribution in [0.4, 0.5) is 0 Å². The standard InChI is InChI=1S/C20H28N4O3/c1-20(2)12-16(25)11-18(27-20)19(26)23-9-7-15(8-10-23)24-13-17(21-22-24)14-5-3-4-6-14/h11,13-15H,3-10,12H2,1-2H3. The molecule has 0 atom stereocenters. The van der Waals surface area contributed by atoms with E-state index in [2.05, 4.69) is 16.5 Å². The summed E-state index contributed by atoms with van der Waals surface area (Å²) < 4.78 is 7.74. The number of hydrogen-bond acceptors (Lipinski definition) is 5. The van der Waals surface area contributed by atoms with Crippen molar-refractivity contribution in [1.82, 2.24) is 19.9 Å². The highest BCUT2D eigenvalue weighted by molar-refractivity contribution is 6.01. The molecule has 3 aliphatic rings. The number of allylic oxidation sites excluding steroid dienone is 1. The molecule has 7 heteroatoms. The number of hydrogen-bond donors (Lipinski definition) is 0. The van der Waals surface area contributed by atoms with Crippen molar-refractivity contribution in [3.8, 4) is 0 Å². The number of ketones is 1. The van der Waals surface area contributed by atoms with Crippen LogP contribution in [0.15, 0.2) is 18.0 Å². The Morgan fingerprint density at radius 3 is 2.56 bits per heavy atom.